The fourth-order valence-corrected chi connectivity index (χ4v) is 5.01. The molecular formula is C25H31N7O4. The van der Waals surface area contributed by atoms with Crippen LogP contribution in [0.15, 0.2) is 24.7 Å². The van der Waals surface area contributed by atoms with E-state index in [9.17, 15) is 19.5 Å². The molecule has 2 N–H and O–H groups in total. The number of hydrogen-bond donors (Lipinski definition) is 2. The quantitative estimate of drug-likeness (QED) is 0.491. The molecule has 5 rings (SSSR count). The van der Waals surface area contributed by atoms with E-state index in [1.807, 2.05) is 10.8 Å². The van der Waals surface area contributed by atoms with Crippen molar-refractivity contribution in [1.29, 1.82) is 0 Å². The zero-order valence-corrected chi connectivity index (χ0v) is 20.6. The molecule has 1 atom stereocenters. The van der Waals surface area contributed by atoms with Crippen molar-refractivity contribution in [2.45, 2.75) is 64.6 Å². The first-order chi connectivity index (χ1) is 17.2. The molecular weight excluding hydrogens is 462 g/mol. The third-order valence-electron chi connectivity index (χ3n) is 7.43. The number of benzene rings is 1. The standard InChI is InChI=1S/C25H31N7O4/c1-16-9-20-21(10-17(16)2)31(15-26-20)12-19-13-32(29-28-19)14-25(36)5-7-30(8-6-25)23(34)11-18-3-4-22(33)27-24(18)35/h9-10,13,15,18,36H,3-8,11-12,14H2,1-2H3,(H,27,33,35). The van der Waals surface area contributed by atoms with Crippen LogP contribution in [0.1, 0.15) is 48.9 Å². The first kappa shape index (κ1) is 24.1. The van der Waals surface area contributed by atoms with E-state index in [1.165, 1.54) is 11.1 Å². The van der Waals surface area contributed by atoms with E-state index in [0.29, 0.717) is 38.9 Å². The molecule has 2 aliphatic heterocycles. The second-order valence-corrected chi connectivity index (χ2v) is 10.2. The summed E-state index contributed by atoms with van der Waals surface area (Å²) in [6, 6.07) is 4.20. The van der Waals surface area contributed by atoms with Crippen LogP contribution in [-0.2, 0) is 27.5 Å². The van der Waals surface area contributed by atoms with Crippen LogP contribution < -0.4 is 5.32 Å². The van der Waals surface area contributed by atoms with E-state index >= 15 is 0 Å². The van der Waals surface area contributed by atoms with Gasteiger partial charge in [-0.05, 0) is 56.4 Å². The van der Waals surface area contributed by atoms with E-state index in [4.69, 9.17) is 0 Å². The SMILES string of the molecule is Cc1cc2ncn(Cc3cn(CC4(O)CCN(C(=O)CC5CCC(=O)NC5=O)CC4)nn3)c2cc1C. The van der Waals surface area contributed by atoms with Gasteiger partial charge in [-0.2, -0.15) is 0 Å². The lowest BCUT2D eigenvalue weighted by molar-refractivity contribution is -0.143. The van der Waals surface area contributed by atoms with Gasteiger partial charge in [0.05, 0.1) is 42.2 Å². The third-order valence-corrected chi connectivity index (χ3v) is 7.43. The maximum absolute atomic E-state index is 12.7. The van der Waals surface area contributed by atoms with Crippen LogP contribution in [0.25, 0.3) is 11.0 Å². The Bertz CT molecular complexity index is 1320. The number of nitrogens with one attached hydrogen (secondary N) is 1. The van der Waals surface area contributed by atoms with Gasteiger partial charge in [0.15, 0.2) is 0 Å². The van der Waals surface area contributed by atoms with Gasteiger partial charge in [0, 0.05) is 31.8 Å². The number of fused-ring (bicyclic) bond motifs is 1. The highest BCUT2D eigenvalue weighted by atomic mass is 16.3. The predicted octanol–water partition coefficient (Wildman–Crippen LogP) is 1.09. The minimum Gasteiger partial charge on any atom is -0.388 e. The lowest BCUT2D eigenvalue weighted by Gasteiger charge is -2.38. The van der Waals surface area contributed by atoms with Gasteiger partial charge in [-0.25, -0.2) is 9.67 Å². The van der Waals surface area contributed by atoms with Gasteiger partial charge in [0.1, 0.15) is 5.69 Å². The van der Waals surface area contributed by atoms with Crippen molar-refractivity contribution in [3.63, 3.8) is 0 Å². The molecule has 11 nitrogen and oxygen atoms in total. The fourth-order valence-electron chi connectivity index (χ4n) is 5.01. The second-order valence-electron chi connectivity index (χ2n) is 10.2. The molecule has 2 aromatic heterocycles. The van der Waals surface area contributed by atoms with Gasteiger partial charge in [-0.15, -0.1) is 5.10 Å². The fraction of sp³-hybridized carbons (Fsp3) is 0.520. The molecule has 2 fully saturated rings. The van der Waals surface area contributed by atoms with Gasteiger partial charge in [0.2, 0.25) is 17.7 Å². The molecule has 1 unspecified atom stereocenters. The molecule has 1 aromatic carbocycles. The van der Waals surface area contributed by atoms with Crippen molar-refractivity contribution in [3.05, 3.63) is 41.5 Å². The molecule has 4 heterocycles. The van der Waals surface area contributed by atoms with Gasteiger partial charge in [-0.1, -0.05) is 5.21 Å². The maximum Gasteiger partial charge on any atom is 0.230 e. The largest absolute Gasteiger partial charge is 0.388 e. The molecule has 3 aromatic rings. The highest BCUT2D eigenvalue weighted by molar-refractivity contribution is 6.00. The van der Waals surface area contributed by atoms with E-state index in [0.717, 1.165) is 16.7 Å². The van der Waals surface area contributed by atoms with Gasteiger partial charge < -0.3 is 14.6 Å². The second kappa shape index (κ2) is 9.45. The topological polar surface area (TPSA) is 135 Å². The number of piperidine rings is 2. The smallest absolute Gasteiger partial charge is 0.230 e. The first-order valence-corrected chi connectivity index (χ1v) is 12.3. The van der Waals surface area contributed by atoms with Crippen LogP contribution in [0.4, 0.5) is 0 Å². The minimum atomic E-state index is -0.993. The summed E-state index contributed by atoms with van der Waals surface area (Å²) in [5.41, 5.74) is 4.17. The van der Waals surface area contributed by atoms with Crippen molar-refractivity contribution in [2.24, 2.45) is 5.92 Å². The number of aryl methyl sites for hydroxylation is 2. The summed E-state index contributed by atoms with van der Waals surface area (Å²) in [4.78, 5) is 42.2. The Kier molecular flexibility index (Phi) is 6.33. The van der Waals surface area contributed by atoms with E-state index in [2.05, 4.69) is 46.6 Å². The Labute approximate surface area is 208 Å². The average Bonchev–Trinajstić information content (AvgIpc) is 3.43. The van der Waals surface area contributed by atoms with E-state index < -0.39 is 11.5 Å². The summed E-state index contributed by atoms with van der Waals surface area (Å²) < 4.78 is 3.70. The van der Waals surface area contributed by atoms with E-state index in [1.54, 1.807) is 15.9 Å². The van der Waals surface area contributed by atoms with Crippen LogP contribution in [0.5, 0.6) is 0 Å². The van der Waals surface area contributed by atoms with Gasteiger partial charge in [-0.3, -0.25) is 19.7 Å². The number of aromatic nitrogens is 5. The summed E-state index contributed by atoms with van der Waals surface area (Å²) in [5.74, 6) is -1.24. The van der Waals surface area contributed by atoms with Gasteiger partial charge >= 0.3 is 0 Å². The Hall–Kier alpha value is -3.60. The number of carbonyl (C=O) groups is 3. The number of imide groups is 1. The number of amides is 3. The third kappa shape index (κ3) is 5.01. The normalized spacial score (nSPS) is 20.1. The Morgan fingerprint density at radius 2 is 1.94 bits per heavy atom. The zero-order valence-electron chi connectivity index (χ0n) is 20.6. The van der Waals surface area contributed by atoms with Crippen molar-refractivity contribution in [3.8, 4) is 0 Å². The first-order valence-electron chi connectivity index (χ1n) is 12.3. The molecule has 0 saturated carbocycles. The Morgan fingerprint density at radius 1 is 1.19 bits per heavy atom. The molecule has 0 spiro atoms. The van der Waals surface area contributed by atoms with Crippen LogP contribution in [0.3, 0.4) is 0 Å². The summed E-state index contributed by atoms with van der Waals surface area (Å²) in [6.45, 7) is 5.78. The Morgan fingerprint density at radius 3 is 2.69 bits per heavy atom. The van der Waals surface area contributed by atoms with Crippen molar-refractivity contribution < 1.29 is 19.5 Å². The van der Waals surface area contributed by atoms with Gasteiger partial charge in [0.25, 0.3) is 0 Å². The summed E-state index contributed by atoms with van der Waals surface area (Å²) >= 11 is 0. The van der Waals surface area contributed by atoms with Crippen molar-refractivity contribution >= 4 is 28.8 Å². The number of carbonyl (C=O) groups excluding carboxylic acids is 3. The number of likely N-dealkylation sites (tertiary alicyclic amines) is 1. The lowest BCUT2D eigenvalue weighted by Crippen LogP contribution is -2.50. The molecule has 0 bridgehead atoms. The molecule has 36 heavy (non-hydrogen) atoms. The highest BCUT2D eigenvalue weighted by Crippen LogP contribution is 2.26. The number of imidazole rings is 1. The van der Waals surface area contributed by atoms with Crippen molar-refractivity contribution in [2.75, 3.05) is 13.1 Å². The predicted molar refractivity (Wildman–Crippen MR) is 130 cm³/mol. The average molecular weight is 494 g/mol. The molecule has 0 aliphatic carbocycles. The molecule has 2 aliphatic rings. The van der Waals surface area contributed by atoms with Crippen LogP contribution in [0.2, 0.25) is 0 Å². The van der Waals surface area contributed by atoms with E-state index in [-0.39, 0.29) is 37.1 Å². The summed E-state index contributed by atoms with van der Waals surface area (Å²) in [5, 5.41) is 21.9. The lowest BCUT2D eigenvalue weighted by atomic mass is 9.90. The molecule has 190 valence electrons. The van der Waals surface area contributed by atoms with Crippen molar-refractivity contribution in [1.82, 2.24) is 34.8 Å². The molecule has 2 saturated heterocycles. The van der Waals surface area contributed by atoms with Crippen LogP contribution >= 0.6 is 0 Å². The monoisotopic (exact) mass is 493 g/mol. The number of hydrogen-bond acceptors (Lipinski definition) is 7. The summed E-state index contributed by atoms with van der Waals surface area (Å²) in [6.07, 6.45) is 5.22. The molecule has 3 amide bonds. The Balaban J connectivity index is 1.16. The number of nitrogens with zero attached hydrogens (tertiary/aromatic N) is 6. The molecule has 0 radical (unpaired) electrons. The minimum absolute atomic E-state index is 0.0893. The summed E-state index contributed by atoms with van der Waals surface area (Å²) in [7, 11) is 0. The maximum atomic E-state index is 12.7. The highest BCUT2D eigenvalue weighted by Gasteiger charge is 2.36. The number of rotatable bonds is 6. The zero-order chi connectivity index (χ0) is 25.4. The number of aliphatic hydroxyl groups is 1. The molecule has 11 heteroatoms. The van der Waals surface area contributed by atoms with Crippen LogP contribution in [-0.4, -0.2) is 71.0 Å². The van der Waals surface area contributed by atoms with Crippen LogP contribution in [0, 0.1) is 19.8 Å².